The van der Waals surface area contributed by atoms with E-state index in [1.54, 1.807) is 0 Å². The lowest BCUT2D eigenvalue weighted by Gasteiger charge is -2.50. The predicted octanol–water partition coefficient (Wildman–Crippen LogP) is 3.98. The molecule has 170 valence electrons. The van der Waals surface area contributed by atoms with E-state index >= 15 is 0 Å². The highest BCUT2D eigenvalue weighted by molar-refractivity contribution is 6.30. The van der Waals surface area contributed by atoms with Gasteiger partial charge in [-0.05, 0) is 60.9 Å². The summed E-state index contributed by atoms with van der Waals surface area (Å²) in [6, 6.07) is 7.30. The Bertz CT molecular complexity index is 1030. The van der Waals surface area contributed by atoms with Gasteiger partial charge in [0.1, 0.15) is 11.6 Å². The Morgan fingerprint density at radius 3 is 2.47 bits per heavy atom. The third-order valence-electron chi connectivity index (χ3n) is 6.25. The molecule has 2 N–H and O–H groups in total. The summed E-state index contributed by atoms with van der Waals surface area (Å²) in [6.45, 7) is -0.175. The molecule has 3 saturated carbocycles. The third kappa shape index (κ3) is 5.01. The van der Waals surface area contributed by atoms with Crippen LogP contribution in [0, 0.1) is 35.2 Å². The van der Waals surface area contributed by atoms with Crippen LogP contribution in [-0.2, 0) is 16.1 Å². The van der Waals surface area contributed by atoms with Crippen LogP contribution in [0.5, 0.6) is 5.75 Å². The Morgan fingerprint density at radius 1 is 0.969 bits per heavy atom. The van der Waals surface area contributed by atoms with E-state index in [-0.39, 0.29) is 53.6 Å². The second-order valence-electron chi connectivity index (χ2n) is 8.34. The van der Waals surface area contributed by atoms with Gasteiger partial charge in [0.2, 0.25) is 5.91 Å². The van der Waals surface area contributed by atoms with Crippen LogP contribution in [0.2, 0.25) is 5.02 Å². The average molecular weight is 467 g/mol. The van der Waals surface area contributed by atoms with Gasteiger partial charge < -0.3 is 15.4 Å². The van der Waals surface area contributed by atoms with E-state index < -0.39 is 17.5 Å². The van der Waals surface area contributed by atoms with Crippen molar-refractivity contribution in [1.82, 2.24) is 10.6 Å². The quantitative estimate of drug-likeness (QED) is 0.648. The Kier molecular flexibility index (Phi) is 6.60. The summed E-state index contributed by atoms with van der Waals surface area (Å²) < 4.78 is 45.2. The van der Waals surface area contributed by atoms with Gasteiger partial charge in [-0.3, -0.25) is 9.59 Å². The summed E-state index contributed by atoms with van der Waals surface area (Å²) in [4.78, 5) is 25.0. The van der Waals surface area contributed by atoms with Crippen LogP contribution >= 0.6 is 11.6 Å². The number of hydrogen-bond donors (Lipinski definition) is 2. The fraction of sp³-hybridized carbons (Fsp3) is 0.391. The molecule has 2 bridgehead atoms. The van der Waals surface area contributed by atoms with Gasteiger partial charge in [-0.15, -0.1) is 0 Å². The maximum Gasteiger partial charge on any atom is 0.258 e. The van der Waals surface area contributed by atoms with Crippen LogP contribution in [0.4, 0.5) is 13.2 Å². The van der Waals surface area contributed by atoms with Crippen molar-refractivity contribution in [2.45, 2.75) is 31.8 Å². The molecule has 5 rings (SSSR count). The molecule has 2 aromatic carbocycles. The van der Waals surface area contributed by atoms with E-state index in [9.17, 15) is 22.8 Å². The maximum atomic E-state index is 13.5. The van der Waals surface area contributed by atoms with Crippen LogP contribution in [-0.4, -0.2) is 24.5 Å². The van der Waals surface area contributed by atoms with Gasteiger partial charge in [0.05, 0.1) is 5.02 Å². The molecule has 0 aliphatic heterocycles. The molecular weight excluding hydrogens is 445 g/mol. The van der Waals surface area contributed by atoms with Gasteiger partial charge in [-0.1, -0.05) is 17.7 Å². The van der Waals surface area contributed by atoms with Crippen molar-refractivity contribution in [3.63, 3.8) is 0 Å². The second-order valence-corrected chi connectivity index (χ2v) is 8.75. The van der Waals surface area contributed by atoms with Gasteiger partial charge in [-0.25, -0.2) is 13.2 Å². The first-order valence-electron chi connectivity index (χ1n) is 10.4. The van der Waals surface area contributed by atoms with Crippen molar-refractivity contribution >= 4 is 23.4 Å². The van der Waals surface area contributed by atoms with E-state index in [2.05, 4.69) is 10.6 Å². The van der Waals surface area contributed by atoms with Gasteiger partial charge >= 0.3 is 0 Å². The molecule has 0 aromatic heterocycles. The maximum absolute atomic E-state index is 13.5. The zero-order valence-corrected chi connectivity index (χ0v) is 17.8. The van der Waals surface area contributed by atoms with Gasteiger partial charge in [0.15, 0.2) is 18.2 Å². The minimum absolute atomic E-state index is 0.0302. The number of benzene rings is 2. The first-order chi connectivity index (χ1) is 15.3. The fourth-order valence-corrected chi connectivity index (χ4v) is 4.57. The SMILES string of the molecule is O=C(COc1ccc(Cl)c(F)c1)N[C@H]1C[C@@H](C(=O)NCc2ccc(F)c(F)c2)C2CC1C2. The van der Waals surface area contributed by atoms with E-state index in [4.69, 9.17) is 16.3 Å². The Balaban J connectivity index is 1.27. The average Bonchev–Trinajstić information content (AvgIpc) is 2.74. The normalized spacial score (nSPS) is 23.8. The highest BCUT2D eigenvalue weighted by Gasteiger charge is 2.48. The van der Waals surface area contributed by atoms with Crippen molar-refractivity contribution in [3.05, 3.63) is 64.4 Å². The predicted molar refractivity (Wildman–Crippen MR) is 111 cm³/mol. The molecule has 0 saturated heterocycles. The molecule has 0 radical (unpaired) electrons. The van der Waals surface area contributed by atoms with Crippen molar-refractivity contribution < 1.29 is 27.5 Å². The van der Waals surface area contributed by atoms with Crippen molar-refractivity contribution in [2.75, 3.05) is 6.61 Å². The number of rotatable bonds is 7. The number of carbonyl (C=O) groups excluding carboxylic acids is 2. The number of hydrogen-bond acceptors (Lipinski definition) is 3. The minimum Gasteiger partial charge on any atom is -0.484 e. The molecule has 3 fully saturated rings. The fourth-order valence-electron chi connectivity index (χ4n) is 4.46. The number of carbonyl (C=O) groups is 2. The number of amides is 2. The lowest BCUT2D eigenvalue weighted by molar-refractivity contribution is -0.136. The van der Waals surface area contributed by atoms with Gasteiger partial charge in [-0.2, -0.15) is 0 Å². The van der Waals surface area contributed by atoms with Crippen LogP contribution in [0.3, 0.4) is 0 Å². The molecule has 5 nitrogen and oxygen atoms in total. The Labute approximate surface area is 188 Å². The van der Waals surface area contributed by atoms with Crippen molar-refractivity contribution in [3.8, 4) is 5.75 Å². The van der Waals surface area contributed by atoms with Crippen molar-refractivity contribution in [2.24, 2.45) is 17.8 Å². The molecule has 2 amide bonds. The number of halogens is 4. The van der Waals surface area contributed by atoms with Gasteiger partial charge in [0.25, 0.3) is 5.91 Å². The minimum atomic E-state index is -0.956. The van der Waals surface area contributed by atoms with E-state index in [1.165, 1.54) is 18.2 Å². The van der Waals surface area contributed by atoms with Gasteiger partial charge in [0, 0.05) is 24.6 Å². The monoisotopic (exact) mass is 466 g/mol. The lowest BCUT2D eigenvalue weighted by atomic mass is 9.57. The third-order valence-corrected chi connectivity index (χ3v) is 6.56. The molecule has 3 aliphatic carbocycles. The molecule has 2 aromatic rings. The summed E-state index contributed by atoms with van der Waals surface area (Å²) in [7, 11) is 0. The van der Waals surface area contributed by atoms with Crippen molar-refractivity contribution in [1.29, 1.82) is 0 Å². The molecule has 9 heteroatoms. The smallest absolute Gasteiger partial charge is 0.258 e. The molecule has 32 heavy (non-hydrogen) atoms. The summed E-state index contributed by atoms with van der Waals surface area (Å²) >= 11 is 5.63. The number of fused-ring (bicyclic) bond motifs is 2. The highest BCUT2D eigenvalue weighted by atomic mass is 35.5. The first kappa shape index (κ1) is 22.5. The molecular formula is C23H22ClF3N2O3. The lowest BCUT2D eigenvalue weighted by Crippen LogP contribution is -2.56. The Hall–Kier alpha value is -2.74. The topological polar surface area (TPSA) is 67.4 Å². The van der Waals surface area contributed by atoms with Crippen LogP contribution < -0.4 is 15.4 Å². The summed E-state index contributed by atoms with van der Waals surface area (Å²) in [5, 5.41) is 5.68. The number of ether oxygens (including phenoxy) is 1. The summed E-state index contributed by atoms with van der Waals surface area (Å²) in [6.07, 6.45) is 2.19. The van der Waals surface area contributed by atoms with E-state index in [0.717, 1.165) is 31.0 Å². The van der Waals surface area contributed by atoms with E-state index in [1.807, 2.05) is 0 Å². The number of nitrogens with one attached hydrogen (secondary N) is 2. The second kappa shape index (κ2) is 9.40. The standard InChI is InChI=1S/C23H22ClF3N2O3/c24-17-3-2-15(8-19(17)26)32-11-22(30)29-21-9-16(13-6-14(21)7-13)23(31)28-10-12-1-4-18(25)20(27)5-12/h1-5,8,13-14,16,21H,6-7,9-11H2,(H,28,31)(H,29,30)/t13?,14?,16-,21+/m1/s1. The molecule has 3 aliphatic rings. The molecule has 2 atom stereocenters. The molecule has 0 heterocycles. The highest BCUT2D eigenvalue weighted by Crippen LogP contribution is 2.49. The summed E-state index contributed by atoms with van der Waals surface area (Å²) in [5.74, 6) is -2.53. The molecule has 0 unspecified atom stereocenters. The Morgan fingerprint density at radius 2 is 1.75 bits per heavy atom. The van der Waals surface area contributed by atoms with Crippen LogP contribution in [0.25, 0.3) is 0 Å². The van der Waals surface area contributed by atoms with E-state index in [0.29, 0.717) is 17.9 Å². The first-order valence-corrected chi connectivity index (χ1v) is 10.8. The van der Waals surface area contributed by atoms with Crippen LogP contribution in [0.15, 0.2) is 36.4 Å². The summed E-state index contributed by atoms with van der Waals surface area (Å²) in [5.41, 5.74) is 0.472. The largest absolute Gasteiger partial charge is 0.484 e. The molecule has 0 spiro atoms. The van der Waals surface area contributed by atoms with Crippen LogP contribution in [0.1, 0.15) is 24.8 Å². The zero-order chi connectivity index (χ0) is 22.8. The zero-order valence-electron chi connectivity index (χ0n) is 17.0.